The van der Waals surface area contributed by atoms with Crippen LogP contribution in [-0.4, -0.2) is 46.9 Å². The standard InChI is InChI=1S/C48H36N4O4.CHF3O3S.Fe/c1-53-33-13-5-29(6-14-33)45-37-21-23-39(49-37)46(30-7-15-34(54-2)16-8-30)41-25-27-43(51-41)48(32-11-19-36(56-4)20-12-32)44-28-26-42(52-44)47(40-24-22-38(45)50-40)31-9-17-35(55-3)18-10-31;2-1(3,4)8(5,6)7;/h5-28H,1-4H3;(H,5,6,7);/p-1. The molecular formula is C49H36F3FeN4O7S-. The number of halogens is 3. The molecule has 0 saturated carbocycles. The quantitative estimate of drug-likeness (QED) is 0.0632. The zero-order chi connectivity index (χ0) is 45.2. The van der Waals surface area contributed by atoms with Crippen LogP contribution >= 0.6 is 0 Å². The molecule has 0 N–H and O–H groups in total. The molecule has 330 valence electrons. The van der Waals surface area contributed by atoms with Gasteiger partial charge in [-0.15, -0.1) is 0 Å². The Morgan fingerprint density at radius 2 is 0.538 bits per heavy atom. The van der Waals surface area contributed by atoms with Gasteiger partial charge in [-0.25, -0.2) is 8.42 Å². The van der Waals surface area contributed by atoms with E-state index in [2.05, 4.69) is 48.5 Å². The summed E-state index contributed by atoms with van der Waals surface area (Å²) in [5, 5.41) is 0. The Bertz CT molecular complexity index is 2490. The molecule has 0 atom stereocenters. The van der Waals surface area contributed by atoms with Crippen molar-refractivity contribution in [2.45, 2.75) is 5.51 Å². The van der Waals surface area contributed by atoms with E-state index in [-0.39, 0.29) is 17.1 Å². The van der Waals surface area contributed by atoms with Gasteiger partial charge in [-0.05, 0) is 45.6 Å². The Kier molecular flexibility index (Phi) is 13.4. The number of aromatic nitrogens is 4. The maximum absolute atomic E-state index is 10.7. The van der Waals surface area contributed by atoms with E-state index >= 15 is 0 Å². The first-order valence-electron chi connectivity index (χ1n) is 19.4. The molecule has 9 rings (SSSR count). The van der Waals surface area contributed by atoms with Crippen molar-refractivity contribution in [3.05, 3.63) is 237 Å². The van der Waals surface area contributed by atoms with E-state index < -0.39 is 15.6 Å². The van der Waals surface area contributed by atoms with Crippen LogP contribution in [0.15, 0.2) is 146 Å². The Labute approximate surface area is 384 Å². The third-order valence-electron chi connectivity index (χ3n) is 10.4. The molecule has 0 radical (unpaired) electrons. The van der Waals surface area contributed by atoms with Gasteiger partial charge in [-0.3, -0.25) is 0 Å². The molecule has 0 unspecified atom stereocenters. The van der Waals surface area contributed by atoms with Crippen molar-refractivity contribution < 1.29 is 62.2 Å². The van der Waals surface area contributed by atoms with Gasteiger partial charge < -0.3 is 43.4 Å². The van der Waals surface area contributed by atoms with E-state index in [1.54, 1.807) is 28.4 Å². The molecule has 65 heavy (non-hydrogen) atoms. The molecule has 4 aromatic carbocycles. The third-order valence-corrected chi connectivity index (χ3v) is 11.0. The Balaban J connectivity index is 0.000000642. The van der Waals surface area contributed by atoms with E-state index in [4.69, 9.17) is 51.9 Å². The maximum atomic E-state index is 10.7. The summed E-state index contributed by atoms with van der Waals surface area (Å²) in [6.45, 7) is 0. The number of fused-ring (bicyclic) bond motifs is 8. The molecule has 5 heterocycles. The smallest absolute Gasteiger partial charge is 0.485 e. The second-order valence-electron chi connectivity index (χ2n) is 14.2. The SMILES string of the molecule is COc1ccc([C+]2c3ccc([n-]3)[C+](c3ccc(OC)cc3)c3ccc([n-]3)[C+](c3ccc(OC)cc3)c3ccc([n-]3)[C+](c3ccc(OC)cc3)c3ccc2[n-]3)cc1.O=S(=O)([O-])C(F)(F)F.[Fe]. The summed E-state index contributed by atoms with van der Waals surface area (Å²) < 4.78 is 81.0. The van der Waals surface area contributed by atoms with E-state index in [0.717, 1.165) is 114 Å². The average Bonchev–Trinajstić information content (AvgIpc) is 4.15. The molecule has 11 nitrogen and oxygen atoms in total. The van der Waals surface area contributed by atoms with Crippen LogP contribution in [-0.2, 0) is 27.2 Å². The fraction of sp³-hybridized carbons (Fsp3) is 0.102. The van der Waals surface area contributed by atoms with Crippen molar-refractivity contribution in [2.75, 3.05) is 28.4 Å². The summed E-state index contributed by atoms with van der Waals surface area (Å²) in [6, 6.07) is 48.5. The van der Waals surface area contributed by atoms with Crippen LogP contribution in [0.4, 0.5) is 13.2 Å². The van der Waals surface area contributed by atoms with Gasteiger partial charge in [-0.1, -0.05) is 0 Å². The van der Waals surface area contributed by atoms with E-state index in [0.29, 0.717) is 0 Å². The molecule has 8 bridgehead atoms. The molecule has 0 aliphatic carbocycles. The number of nitrogens with zero attached hydrogens (tertiary/aromatic N) is 4. The van der Waals surface area contributed by atoms with Crippen LogP contribution in [0.2, 0.25) is 0 Å². The van der Waals surface area contributed by atoms with Gasteiger partial charge in [0, 0.05) is 186 Å². The summed E-state index contributed by atoms with van der Waals surface area (Å²) in [5.74, 6) is 6.63. The van der Waals surface area contributed by atoms with Gasteiger partial charge >= 0.3 is 5.51 Å². The Morgan fingerprint density at radius 1 is 0.385 bits per heavy atom. The van der Waals surface area contributed by atoms with Crippen molar-refractivity contribution in [1.82, 2.24) is 19.9 Å². The normalized spacial score (nSPS) is 12.5. The van der Waals surface area contributed by atoms with Crippen LogP contribution in [0.3, 0.4) is 0 Å². The van der Waals surface area contributed by atoms with Crippen LogP contribution in [0.1, 0.15) is 67.8 Å². The third kappa shape index (κ3) is 9.57. The average molecular weight is 938 g/mol. The maximum Gasteiger partial charge on any atom is 0.485 e. The number of alkyl halides is 3. The molecule has 8 aromatic rings. The zero-order valence-electron chi connectivity index (χ0n) is 34.9. The fourth-order valence-corrected chi connectivity index (χ4v) is 7.30. The first kappa shape index (κ1) is 45.9. The Morgan fingerprint density at radius 3 is 0.662 bits per heavy atom. The van der Waals surface area contributed by atoms with Gasteiger partial charge in [-0.2, -0.15) is 13.2 Å². The van der Waals surface area contributed by atoms with E-state index in [1.165, 1.54) is 0 Å². The van der Waals surface area contributed by atoms with E-state index in [9.17, 15) is 13.2 Å². The minimum atomic E-state index is -6.09. The summed E-state index contributed by atoms with van der Waals surface area (Å²) in [6.07, 6.45) is 0. The molecule has 4 aromatic heterocycles. The minimum Gasteiger partial charge on any atom is -0.741 e. The minimum absolute atomic E-state index is 0. The first-order chi connectivity index (χ1) is 30.8. The molecule has 1 aliphatic rings. The van der Waals surface area contributed by atoms with Crippen LogP contribution < -0.4 is 38.9 Å². The van der Waals surface area contributed by atoms with E-state index in [1.807, 2.05) is 97.1 Å². The number of methoxy groups -OCH3 is 4. The van der Waals surface area contributed by atoms with Crippen LogP contribution in [0.25, 0.3) is 0 Å². The molecule has 0 spiro atoms. The molecule has 1 aliphatic heterocycles. The van der Waals surface area contributed by atoms with Gasteiger partial charge in [0.25, 0.3) is 0 Å². The largest absolute Gasteiger partial charge is 0.741 e. The van der Waals surface area contributed by atoms with Crippen molar-refractivity contribution in [3.63, 3.8) is 0 Å². The summed E-state index contributed by atoms with van der Waals surface area (Å²) in [4.78, 5) is 21.4. The molecule has 0 saturated heterocycles. The van der Waals surface area contributed by atoms with Crippen LogP contribution in [0.5, 0.6) is 23.0 Å². The first-order valence-corrected chi connectivity index (χ1v) is 20.8. The Hall–Kier alpha value is -7.10. The van der Waals surface area contributed by atoms with Gasteiger partial charge in [0.05, 0.1) is 50.7 Å². The number of hydrogen-bond donors (Lipinski definition) is 0. The number of ether oxygens (including phenoxy) is 4. The number of hydrogen-bond acceptors (Lipinski definition) is 7. The topological polar surface area (TPSA) is 151 Å². The number of benzene rings is 4. The summed E-state index contributed by atoms with van der Waals surface area (Å²) in [7, 11) is 0.582. The fourth-order valence-electron chi connectivity index (χ4n) is 7.30. The molecule has 0 amide bonds. The summed E-state index contributed by atoms with van der Waals surface area (Å²) >= 11 is 0. The van der Waals surface area contributed by atoms with Crippen molar-refractivity contribution in [3.8, 4) is 23.0 Å². The van der Waals surface area contributed by atoms with Crippen molar-refractivity contribution in [1.29, 1.82) is 0 Å². The van der Waals surface area contributed by atoms with Gasteiger partial charge in [0.15, 0.2) is 10.1 Å². The second-order valence-corrected chi connectivity index (χ2v) is 15.5. The van der Waals surface area contributed by atoms with Gasteiger partial charge in [0.2, 0.25) is 0 Å². The molecule has 16 heteroatoms. The molecule has 0 fully saturated rings. The van der Waals surface area contributed by atoms with Gasteiger partial charge in [0.1, 0.15) is 23.0 Å². The molecular weight excluding hydrogens is 901 g/mol. The predicted octanol–water partition coefficient (Wildman–Crippen LogP) is 7.99. The van der Waals surface area contributed by atoms with Crippen molar-refractivity contribution in [2.24, 2.45) is 0 Å². The summed E-state index contributed by atoms with van der Waals surface area (Å²) in [5.41, 5.74) is 4.44. The second kappa shape index (κ2) is 18.9. The monoisotopic (exact) mass is 937 g/mol. The van der Waals surface area contributed by atoms with Crippen molar-refractivity contribution >= 4 is 10.1 Å². The van der Waals surface area contributed by atoms with Crippen LogP contribution in [0, 0.1) is 23.7 Å². The number of rotatable bonds is 8. The zero-order valence-corrected chi connectivity index (χ0v) is 36.8. The predicted molar refractivity (Wildman–Crippen MR) is 229 cm³/mol.